The standard InChI is InChI=1S/C47H71N3O3/c1-31(2)34-15-20-47(48-25-26-49-27-29-50(30-28-49)41(53)43(5)21-22-43)24-23-45(7)36(39(34)47)13-14-38-44(6)18-16-35(32-9-11-33(12-10-32)40(51)52)42(3,4)37(44)17-19-46(38,45)8/h9-12,16,34,36-39,41,48,53H,1,13-15,17-30H2,2-8H3,(H,51,52). The fraction of sp³-hybridized carbons (Fsp3) is 0.766. The van der Waals surface area contributed by atoms with Crippen molar-refractivity contribution in [3.63, 3.8) is 0 Å². The minimum Gasteiger partial charge on any atom is -0.478 e. The van der Waals surface area contributed by atoms with Crippen LogP contribution in [-0.2, 0) is 0 Å². The van der Waals surface area contributed by atoms with Crippen molar-refractivity contribution in [3.8, 4) is 0 Å². The molecular formula is C47H71N3O3. The van der Waals surface area contributed by atoms with Gasteiger partial charge in [-0.25, -0.2) is 4.79 Å². The summed E-state index contributed by atoms with van der Waals surface area (Å²) in [6.45, 7) is 28.6. The Morgan fingerprint density at radius 1 is 0.868 bits per heavy atom. The maximum atomic E-state index is 11.6. The average molecular weight is 726 g/mol. The molecule has 3 N–H and O–H groups in total. The second-order valence-corrected chi connectivity index (χ2v) is 21.1. The van der Waals surface area contributed by atoms with Crippen LogP contribution in [0, 0.1) is 56.7 Å². The average Bonchev–Trinajstić information content (AvgIpc) is 3.75. The van der Waals surface area contributed by atoms with Crippen molar-refractivity contribution in [2.45, 2.75) is 131 Å². The van der Waals surface area contributed by atoms with Crippen LogP contribution in [0.5, 0.6) is 0 Å². The van der Waals surface area contributed by atoms with Crippen LogP contribution < -0.4 is 5.32 Å². The first kappa shape index (κ1) is 37.9. The Kier molecular flexibility index (Phi) is 9.32. The number of carbonyl (C=O) groups is 1. The summed E-state index contributed by atoms with van der Waals surface area (Å²) >= 11 is 0. The molecular weight excluding hydrogens is 655 g/mol. The second-order valence-electron chi connectivity index (χ2n) is 21.1. The van der Waals surface area contributed by atoms with Crippen molar-refractivity contribution in [1.82, 2.24) is 15.1 Å². The lowest BCUT2D eigenvalue weighted by molar-refractivity contribution is -0.219. The number of benzene rings is 1. The molecule has 6 nitrogen and oxygen atoms in total. The molecule has 292 valence electrons. The molecule has 1 aliphatic heterocycles. The fourth-order valence-electron chi connectivity index (χ4n) is 14.9. The van der Waals surface area contributed by atoms with Gasteiger partial charge in [0.25, 0.3) is 0 Å². The first-order valence-electron chi connectivity index (χ1n) is 21.6. The zero-order chi connectivity index (χ0) is 37.8. The number of hydrogen-bond donors (Lipinski definition) is 3. The van der Waals surface area contributed by atoms with Crippen molar-refractivity contribution in [2.24, 2.45) is 56.7 Å². The molecule has 8 rings (SSSR count). The number of rotatable bonds is 9. The van der Waals surface area contributed by atoms with Gasteiger partial charge in [0, 0.05) is 50.2 Å². The maximum absolute atomic E-state index is 11.6. The molecule has 0 spiro atoms. The molecule has 7 aliphatic rings. The van der Waals surface area contributed by atoms with Crippen molar-refractivity contribution in [2.75, 3.05) is 39.3 Å². The number of carboxylic acid groups (broad SMARTS) is 1. The van der Waals surface area contributed by atoms with E-state index in [1.807, 2.05) is 12.1 Å². The Labute approximate surface area is 321 Å². The van der Waals surface area contributed by atoms with Crippen molar-refractivity contribution in [3.05, 3.63) is 53.6 Å². The highest BCUT2D eigenvalue weighted by atomic mass is 16.4. The summed E-state index contributed by atoms with van der Waals surface area (Å²) in [6, 6.07) is 7.65. The largest absolute Gasteiger partial charge is 0.478 e. The molecule has 0 aromatic heterocycles. The number of aliphatic hydroxyl groups is 1. The van der Waals surface area contributed by atoms with E-state index in [0.29, 0.717) is 40.1 Å². The van der Waals surface area contributed by atoms with Gasteiger partial charge in [0.1, 0.15) is 6.23 Å². The Balaban J connectivity index is 0.997. The summed E-state index contributed by atoms with van der Waals surface area (Å²) < 4.78 is 0. The van der Waals surface area contributed by atoms with Gasteiger partial charge in [-0.2, -0.15) is 0 Å². The summed E-state index contributed by atoms with van der Waals surface area (Å²) in [5.41, 5.74) is 5.64. The number of hydrogen-bond acceptors (Lipinski definition) is 5. The third-order valence-corrected chi connectivity index (χ3v) is 18.4. The predicted octanol–water partition coefficient (Wildman–Crippen LogP) is 9.11. The van der Waals surface area contributed by atoms with Crippen LogP contribution in [-0.4, -0.2) is 77.0 Å². The minimum atomic E-state index is -0.857. The smallest absolute Gasteiger partial charge is 0.335 e. The number of carboxylic acids is 1. The van der Waals surface area contributed by atoms with E-state index in [1.165, 1.54) is 68.1 Å². The second kappa shape index (κ2) is 13.0. The molecule has 6 fully saturated rings. The number of allylic oxidation sites excluding steroid dienone is 3. The summed E-state index contributed by atoms with van der Waals surface area (Å²) in [5, 5.41) is 24.8. The molecule has 1 aromatic carbocycles. The lowest BCUT2D eigenvalue weighted by atomic mass is 9.33. The third-order valence-electron chi connectivity index (χ3n) is 18.4. The summed E-state index contributed by atoms with van der Waals surface area (Å²) in [7, 11) is 0. The quantitative estimate of drug-likeness (QED) is 0.221. The molecule has 1 saturated heterocycles. The van der Waals surface area contributed by atoms with Crippen LogP contribution in [0.25, 0.3) is 5.57 Å². The molecule has 53 heavy (non-hydrogen) atoms. The van der Waals surface area contributed by atoms with E-state index in [1.54, 1.807) is 12.1 Å². The Morgan fingerprint density at radius 3 is 2.21 bits per heavy atom. The van der Waals surface area contributed by atoms with Crippen molar-refractivity contribution in [1.29, 1.82) is 0 Å². The predicted molar refractivity (Wildman–Crippen MR) is 215 cm³/mol. The number of nitrogens with one attached hydrogen (secondary N) is 1. The van der Waals surface area contributed by atoms with Crippen LogP contribution >= 0.6 is 0 Å². The van der Waals surface area contributed by atoms with Crippen LogP contribution in [0.3, 0.4) is 0 Å². The van der Waals surface area contributed by atoms with Gasteiger partial charge in [0.05, 0.1) is 5.56 Å². The molecule has 10 unspecified atom stereocenters. The normalized spacial score (nSPS) is 42.3. The molecule has 0 amide bonds. The zero-order valence-electron chi connectivity index (χ0n) is 34.3. The van der Waals surface area contributed by atoms with Gasteiger partial charge in [0.15, 0.2) is 0 Å². The van der Waals surface area contributed by atoms with Crippen molar-refractivity contribution < 1.29 is 15.0 Å². The molecule has 0 bridgehead atoms. The highest BCUT2D eigenvalue weighted by Gasteiger charge is 2.70. The molecule has 6 heteroatoms. The van der Waals surface area contributed by atoms with Gasteiger partial charge >= 0.3 is 5.97 Å². The van der Waals surface area contributed by atoms with Gasteiger partial charge in [-0.3, -0.25) is 9.80 Å². The van der Waals surface area contributed by atoms with E-state index >= 15 is 0 Å². The van der Waals surface area contributed by atoms with E-state index in [2.05, 4.69) is 76.2 Å². The van der Waals surface area contributed by atoms with Crippen LogP contribution in [0.15, 0.2) is 42.5 Å². The van der Waals surface area contributed by atoms with Crippen molar-refractivity contribution >= 4 is 11.5 Å². The highest BCUT2D eigenvalue weighted by Crippen LogP contribution is 2.76. The third kappa shape index (κ3) is 5.80. The van der Waals surface area contributed by atoms with Crippen LogP contribution in [0.4, 0.5) is 0 Å². The highest BCUT2D eigenvalue weighted by molar-refractivity contribution is 5.88. The maximum Gasteiger partial charge on any atom is 0.335 e. The Morgan fingerprint density at radius 2 is 1.57 bits per heavy atom. The van der Waals surface area contributed by atoms with Crippen LogP contribution in [0.1, 0.15) is 135 Å². The van der Waals surface area contributed by atoms with E-state index in [0.717, 1.165) is 64.4 Å². The topological polar surface area (TPSA) is 76.0 Å². The molecule has 1 aromatic rings. The molecule has 5 saturated carbocycles. The molecule has 1 heterocycles. The Bertz CT molecular complexity index is 1620. The molecule has 10 atom stereocenters. The zero-order valence-corrected chi connectivity index (χ0v) is 34.3. The summed E-state index contributed by atoms with van der Waals surface area (Å²) in [6.07, 6.45) is 16.2. The van der Waals surface area contributed by atoms with E-state index in [-0.39, 0.29) is 28.0 Å². The lowest BCUT2D eigenvalue weighted by Gasteiger charge is -2.72. The number of fused-ring (bicyclic) bond motifs is 7. The number of piperazine rings is 1. The van der Waals surface area contributed by atoms with Gasteiger partial charge in [-0.05, 0) is 152 Å². The van der Waals surface area contributed by atoms with Gasteiger partial charge in [-0.1, -0.05) is 71.9 Å². The molecule has 6 aliphatic carbocycles. The number of nitrogens with zero attached hydrogens (tertiary/aromatic N) is 2. The van der Waals surface area contributed by atoms with E-state index in [9.17, 15) is 15.0 Å². The first-order valence-corrected chi connectivity index (χ1v) is 21.6. The summed E-state index contributed by atoms with van der Waals surface area (Å²) in [4.78, 5) is 16.6. The molecule has 0 radical (unpaired) electrons. The monoisotopic (exact) mass is 726 g/mol. The van der Waals surface area contributed by atoms with E-state index in [4.69, 9.17) is 0 Å². The Hall–Kier alpha value is -1.99. The number of aliphatic hydroxyl groups excluding tert-OH is 1. The van der Waals surface area contributed by atoms with Crippen LogP contribution in [0.2, 0.25) is 0 Å². The van der Waals surface area contributed by atoms with E-state index < -0.39 is 5.97 Å². The lowest BCUT2D eigenvalue weighted by Crippen LogP contribution is -2.68. The fourth-order valence-corrected chi connectivity index (χ4v) is 14.9. The first-order chi connectivity index (χ1) is 25.0. The minimum absolute atomic E-state index is 0.0286. The number of aromatic carboxylic acids is 1. The van der Waals surface area contributed by atoms with Gasteiger partial charge in [-0.15, -0.1) is 0 Å². The van der Waals surface area contributed by atoms with Gasteiger partial charge in [0.2, 0.25) is 0 Å². The van der Waals surface area contributed by atoms with Gasteiger partial charge < -0.3 is 15.5 Å². The SMILES string of the molecule is C=C(C)C1CCC2(NCCN3CCN(C(O)C4(C)CC4)CC3)CCC3(C)C(CCC4C5(C)CC=C(c6ccc(C(=O)O)cc6)C(C)(C)C5CCC43C)C12. The summed E-state index contributed by atoms with van der Waals surface area (Å²) in [5.74, 6) is 2.44.